The van der Waals surface area contributed by atoms with Gasteiger partial charge in [0.2, 0.25) is 0 Å². The summed E-state index contributed by atoms with van der Waals surface area (Å²) in [6.45, 7) is 2.39. The van der Waals surface area contributed by atoms with Gasteiger partial charge in [0.05, 0.1) is 7.11 Å². The summed E-state index contributed by atoms with van der Waals surface area (Å²) in [4.78, 5) is 12.4. The maximum absolute atomic E-state index is 12.4. The van der Waals surface area contributed by atoms with Crippen molar-refractivity contribution in [3.05, 3.63) is 64.7 Å². The van der Waals surface area contributed by atoms with E-state index < -0.39 is 0 Å². The highest BCUT2D eigenvalue weighted by Crippen LogP contribution is 2.20. The van der Waals surface area contributed by atoms with Gasteiger partial charge < -0.3 is 10.5 Å². The Kier molecular flexibility index (Phi) is 3.97. The number of nitrogens with two attached hydrogens (primary N) is 1. The number of hydrogen-bond donors (Lipinski definition) is 1. The lowest BCUT2D eigenvalue weighted by Gasteiger charge is -2.08. The van der Waals surface area contributed by atoms with E-state index in [2.05, 4.69) is 0 Å². The van der Waals surface area contributed by atoms with Gasteiger partial charge in [0.15, 0.2) is 5.78 Å². The maximum Gasteiger partial charge on any atom is 0.193 e. The van der Waals surface area contributed by atoms with E-state index >= 15 is 0 Å². The quantitative estimate of drug-likeness (QED) is 0.855. The van der Waals surface area contributed by atoms with Crippen molar-refractivity contribution in [1.82, 2.24) is 0 Å². The number of ether oxygens (including phenoxy) is 1. The molecule has 2 N–H and O–H groups in total. The average Bonchev–Trinajstić information content (AvgIpc) is 2.46. The first kappa shape index (κ1) is 13.3. The fourth-order valence-electron chi connectivity index (χ4n) is 1.97. The predicted molar refractivity (Wildman–Crippen MR) is 75.5 cm³/mol. The van der Waals surface area contributed by atoms with Gasteiger partial charge in [-0.05, 0) is 36.2 Å². The molecule has 3 nitrogen and oxygen atoms in total. The monoisotopic (exact) mass is 255 g/mol. The van der Waals surface area contributed by atoms with Crippen molar-refractivity contribution in [3.8, 4) is 5.75 Å². The van der Waals surface area contributed by atoms with E-state index in [0.29, 0.717) is 17.7 Å². The van der Waals surface area contributed by atoms with Gasteiger partial charge >= 0.3 is 0 Å². The van der Waals surface area contributed by atoms with E-state index in [1.54, 1.807) is 19.2 Å². The largest absolute Gasteiger partial charge is 0.497 e. The molecule has 3 heteroatoms. The fraction of sp³-hybridized carbons (Fsp3) is 0.188. The molecule has 0 aromatic heterocycles. The summed E-state index contributed by atoms with van der Waals surface area (Å²) in [7, 11) is 1.61. The minimum absolute atomic E-state index is 0.0173. The summed E-state index contributed by atoms with van der Waals surface area (Å²) in [5, 5.41) is 0. The lowest BCUT2D eigenvalue weighted by Crippen LogP contribution is -2.04. The molecule has 0 spiro atoms. The first-order valence-electron chi connectivity index (χ1n) is 6.14. The molecule has 0 atom stereocenters. The molecule has 0 amide bonds. The van der Waals surface area contributed by atoms with E-state index in [0.717, 1.165) is 16.9 Å². The highest BCUT2D eigenvalue weighted by molar-refractivity contribution is 6.09. The van der Waals surface area contributed by atoms with Crippen molar-refractivity contribution < 1.29 is 9.53 Å². The Labute approximate surface area is 113 Å². The zero-order valence-corrected chi connectivity index (χ0v) is 11.1. The van der Waals surface area contributed by atoms with Crippen molar-refractivity contribution in [2.45, 2.75) is 13.5 Å². The summed E-state index contributed by atoms with van der Waals surface area (Å²) in [5.74, 6) is 0.774. The second-order valence-corrected chi connectivity index (χ2v) is 4.41. The Morgan fingerprint density at radius 1 is 1.16 bits per heavy atom. The topological polar surface area (TPSA) is 52.3 Å². The molecule has 0 fully saturated rings. The number of methoxy groups -OCH3 is 1. The molecule has 0 unspecified atom stereocenters. The van der Waals surface area contributed by atoms with Gasteiger partial charge in [-0.1, -0.05) is 24.3 Å². The third-order valence-corrected chi connectivity index (χ3v) is 3.13. The van der Waals surface area contributed by atoms with E-state index in [-0.39, 0.29) is 5.78 Å². The Hall–Kier alpha value is -2.13. The number of ketones is 1. The minimum Gasteiger partial charge on any atom is -0.497 e. The molecule has 0 aliphatic carbocycles. The van der Waals surface area contributed by atoms with Gasteiger partial charge in [-0.15, -0.1) is 0 Å². The molecular weight excluding hydrogens is 238 g/mol. The van der Waals surface area contributed by atoms with Gasteiger partial charge in [0, 0.05) is 17.7 Å². The van der Waals surface area contributed by atoms with Gasteiger partial charge in [-0.25, -0.2) is 0 Å². The molecular formula is C16H17NO2. The van der Waals surface area contributed by atoms with Crippen molar-refractivity contribution in [2.24, 2.45) is 5.73 Å². The van der Waals surface area contributed by atoms with Crippen LogP contribution in [-0.2, 0) is 6.54 Å². The van der Waals surface area contributed by atoms with Crippen molar-refractivity contribution in [2.75, 3.05) is 7.11 Å². The SMILES string of the molecule is COc1ccc(C(=O)c2ccc(CN)cc2)c(C)c1. The normalized spacial score (nSPS) is 10.3. The van der Waals surface area contributed by atoms with E-state index in [9.17, 15) is 4.79 Å². The molecule has 0 radical (unpaired) electrons. The number of hydrogen-bond acceptors (Lipinski definition) is 3. The Balaban J connectivity index is 2.32. The minimum atomic E-state index is 0.0173. The first-order chi connectivity index (χ1) is 9.15. The lowest BCUT2D eigenvalue weighted by atomic mass is 9.98. The molecule has 2 rings (SSSR count). The van der Waals surface area contributed by atoms with Gasteiger partial charge in [-0.2, -0.15) is 0 Å². The summed E-state index contributed by atoms with van der Waals surface area (Å²) >= 11 is 0. The van der Waals surface area contributed by atoms with Gasteiger partial charge in [0.25, 0.3) is 0 Å². The third kappa shape index (κ3) is 2.83. The van der Waals surface area contributed by atoms with Crippen LogP contribution in [0.15, 0.2) is 42.5 Å². The molecule has 2 aromatic rings. The van der Waals surface area contributed by atoms with Crippen LogP contribution in [0.1, 0.15) is 27.0 Å². The standard InChI is InChI=1S/C16H17NO2/c1-11-9-14(19-2)7-8-15(11)16(18)13-5-3-12(10-17)4-6-13/h3-9H,10,17H2,1-2H3. The van der Waals surface area contributed by atoms with Gasteiger partial charge in [-0.3, -0.25) is 4.79 Å². The van der Waals surface area contributed by atoms with Crippen LogP contribution in [0, 0.1) is 6.92 Å². The fourth-order valence-corrected chi connectivity index (χ4v) is 1.97. The lowest BCUT2D eigenvalue weighted by molar-refractivity contribution is 0.103. The Morgan fingerprint density at radius 2 is 1.84 bits per heavy atom. The smallest absolute Gasteiger partial charge is 0.193 e. The molecule has 98 valence electrons. The van der Waals surface area contributed by atoms with Crippen LogP contribution in [0.25, 0.3) is 0 Å². The maximum atomic E-state index is 12.4. The van der Waals surface area contributed by atoms with E-state index in [1.165, 1.54) is 0 Å². The number of aryl methyl sites for hydroxylation is 1. The molecule has 0 heterocycles. The molecule has 0 aliphatic rings. The van der Waals surface area contributed by atoms with Crippen LogP contribution < -0.4 is 10.5 Å². The van der Waals surface area contributed by atoms with Crippen LogP contribution in [0.5, 0.6) is 5.75 Å². The zero-order chi connectivity index (χ0) is 13.8. The van der Waals surface area contributed by atoms with E-state index in [4.69, 9.17) is 10.5 Å². The first-order valence-corrected chi connectivity index (χ1v) is 6.14. The highest BCUT2D eigenvalue weighted by atomic mass is 16.5. The Morgan fingerprint density at radius 3 is 2.37 bits per heavy atom. The summed E-state index contributed by atoms with van der Waals surface area (Å²) in [6, 6.07) is 12.9. The summed E-state index contributed by atoms with van der Waals surface area (Å²) in [6.07, 6.45) is 0. The van der Waals surface area contributed by atoms with Crippen LogP contribution >= 0.6 is 0 Å². The molecule has 0 saturated heterocycles. The second-order valence-electron chi connectivity index (χ2n) is 4.41. The zero-order valence-electron chi connectivity index (χ0n) is 11.1. The van der Waals surface area contributed by atoms with Gasteiger partial charge in [0.1, 0.15) is 5.75 Å². The number of benzene rings is 2. The average molecular weight is 255 g/mol. The summed E-state index contributed by atoms with van der Waals surface area (Å²) < 4.78 is 5.14. The predicted octanol–water partition coefficient (Wildman–Crippen LogP) is 2.69. The molecule has 0 aliphatic heterocycles. The van der Waals surface area contributed by atoms with Crippen LogP contribution in [0.3, 0.4) is 0 Å². The molecule has 0 bridgehead atoms. The van der Waals surface area contributed by atoms with Crippen LogP contribution in [0.2, 0.25) is 0 Å². The number of carbonyl (C=O) groups excluding carboxylic acids is 1. The third-order valence-electron chi connectivity index (χ3n) is 3.13. The number of carbonyl (C=O) groups is 1. The highest BCUT2D eigenvalue weighted by Gasteiger charge is 2.12. The molecule has 2 aromatic carbocycles. The second kappa shape index (κ2) is 5.67. The molecule has 19 heavy (non-hydrogen) atoms. The van der Waals surface area contributed by atoms with E-state index in [1.807, 2.05) is 37.3 Å². The number of rotatable bonds is 4. The Bertz CT molecular complexity index is 588. The van der Waals surface area contributed by atoms with Crippen LogP contribution in [0.4, 0.5) is 0 Å². The summed E-state index contributed by atoms with van der Waals surface area (Å²) in [5.41, 5.74) is 8.84. The van der Waals surface area contributed by atoms with Crippen LogP contribution in [-0.4, -0.2) is 12.9 Å². The van der Waals surface area contributed by atoms with Crippen molar-refractivity contribution in [3.63, 3.8) is 0 Å². The van der Waals surface area contributed by atoms with Crippen molar-refractivity contribution in [1.29, 1.82) is 0 Å². The van der Waals surface area contributed by atoms with Crippen molar-refractivity contribution >= 4 is 5.78 Å². The molecule has 0 saturated carbocycles.